The number of β-amino-alcohol motifs (C(OH)–C–C–N with tert-alkyl or cyclic N) is 1. The van der Waals surface area contributed by atoms with Crippen molar-refractivity contribution in [1.29, 1.82) is 0 Å². The second kappa shape index (κ2) is 5.89. The third-order valence-corrected chi connectivity index (χ3v) is 4.04. The highest BCUT2D eigenvalue weighted by atomic mass is 16.3. The minimum absolute atomic E-state index is 0.00505. The van der Waals surface area contributed by atoms with E-state index in [9.17, 15) is 9.90 Å². The molecule has 2 fully saturated rings. The molecule has 0 radical (unpaired) electrons. The molecule has 0 spiro atoms. The SMILES string of the molecule is CC(C)N1CCC(NC(=O)N2CCC(O)C2)CC1. The molecule has 2 saturated heterocycles. The maximum Gasteiger partial charge on any atom is 0.317 e. The lowest BCUT2D eigenvalue weighted by atomic mass is 10.0. The Morgan fingerprint density at radius 1 is 1.22 bits per heavy atom. The van der Waals surface area contributed by atoms with Crippen LogP contribution in [0.4, 0.5) is 4.79 Å². The fourth-order valence-electron chi connectivity index (χ4n) is 2.75. The Bertz CT molecular complexity index is 288. The summed E-state index contributed by atoms with van der Waals surface area (Å²) in [5.41, 5.74) is 0. The second-order valence-corrected chi connectivity index (χ2v) is 5.74. The van der Waals surface area contributed by atoms with Crippen molar-refractivity contribution in [2.24, 2.45) is 0 Å². The Hall–Kier alpha value is -0.810. The molecule has 2 aliphatic heterocycles. The van der Waals surface area contributed by atoms with Crippen molar-refractivity contribution in [3.8, 4) is 0 Å². The third-order valence-electron chi connectivity index (χ3n) is 4.04. The van der Waals surface area contributed by atoms with E-state index in [2.05, 4.69) is 24.1 Å². The molecule has 0 aromatic heterocycles. The Kier molecular flexibility index (Phi) is 4.45. The van der Waals surface area contributed by atoms with Gasteiger partial charge in [0.2, 0.25) is 0 Å². The Labute approximate surface area is 109 Å². The number of rotatable bonds is 2. The van der Waals surface area contributed by atoms with Crippen molar-refractivity contribution in [3.63, 3.8) is 0 Å². The smallest absolute Gasteiger partial charge is 0.317 e. The predicted octanol–water partition coefficient (Wildman–Crippen LogP) is 0.635. The number of hydrogen-bond donors (Lipinski definition) is 2. The molecule has 0 bridgehead atoms. The van der Waals surface area contributed by atoms with Crippen LogP contribution in [0.1, 0.15) is 33.1 Å². The van der Waals surface area contributed by atoms with Gasteiger partial charge in [-0.3, -0.25) is 0 Å². The van der Waals surface area contributed by atoms with E-state index in [-0.39, 0.29) is 12.1 Å². The van der Waals surface area contributed by atoms with Crippen LogP contribution in [0.2, 0.25) is 0 Å². The molecular formula is C13H25N3O2. The number of urea groups is 1. The van der Waals surface area contributed by atoms with Crippen molar-refractivity contribution in [2.45, 2.75) is 51.3 Å². The number of nitrogens with zero attached hydrogens (tertiary/aromatic N) is 2. The first-order valence-electron chi connectivity index (χ1n) is 7.04. The van der Waals surface area contributed by atoms with Crippen LogP contribution in [0.5, 0.6) is 0 Å². The summed E-state index contributed by atoms with van der Waals surface area (Å²) in [6.07, 6.45) is 2.43. The van der Waals surface area contributed by atoms with Crippen molar-refractivity contribution in [2.75, 3.05) is 26.2 Å². The molecule has 0 aromatic rings. The van der Waals surface area contributed by atoms with Crippen molar-refractivity contribution >= 4 is 6.03 Å². The Morgan fingerprint density at radius 3 is 2.39 bits per heavy atom. The number of carbonyl (C=O) groups excluding carboxylic acids is 1. The highest BCUT2D eigenvalue weighted by Crippen LogP contribution is 2.14. The van der Waals surface area contributed by atoms with Crippen LogP contribution in [-0.2, 0) is 0 Å². The molecule has 2 N–H and O–H groups in total. The number of aliphatic hydroxyl groups excluding tert-OH is 1. The summed E-state index contributed by atoms with van der Waals surface area (Å²) in [7, 11) is 0. The zero-order valence-corrected chi connectivity index (χ0v) is 11.4. The van der Waals surface area contributed by atoms with E-state index < -0.39 is 0 Å². The molecule has 2 rings (SSSR count). The van der Waals surface area contributed by atoms with Crippen LogP contribution in [-0.4, -0.2) is 65.3 Å². The van der Waals surface area contributed by atoms with Gasteiger partial charge >= 0.3 is 6.03 Å². The van der Waals surface area contributed by atoms with E-state index in [1.807, 2.05) is 0 Å². The maximum atomic E-state index is 12.0. The monoisotopic (exact) mass is 255 g/mol. The first kappa shape index (κ1) is 13.6. The number of piperidine rings is 1. The molecule has 1 unspecified atom stereocenters. The van der Waals surface area contributed by atoms with Gasteiger partial charge in [0.15, 0.2) is 0 Å². The van der Waals surface area contributed by atoms with Gasteiger partial charge in [-0.25, -0.2) is 4.79 Å². The van der Waals surface area contributed by atoms with Gasteiger partial charge in [0.25, 0.3) is 0 Å². The zero-order valence-electron chi connectivity index (χ0n) is 11.4. The fourth-order valence-corrected chi connectivity index (χ4v) is 2.75. The lowest BCUT2D eigenvalue weighted by molar-refractivity contribution is 0.149. The van der Waals surface area contributed by atoms with Crippen LogP contribution >= 0.6 is 0 Å². The van der Waals surface area contributed by atoms with E-state index in [1.54, 1.807) is 4.90 Å². The van der Waals surface area contributed by atoms with Crippen LogP contribution in [0.3, 0.4) is 0 Å². The lowest BCUT2D eigenvalue weighted by Gasteiger charge is -2.35. The number of likely N-dealkylation sites (tertiary alicyclic amines) is 2. The Balaban J connectivity index is 1.73. The average molecular weight is 255 g/mol. The van der Waals surface area contributed by atoms with Crippen LogP contribution < -0.4 is 5.32 Å². The van der Waals surface area contributed by atoms with Gasteiger partial charge in [-0.15, -0.1) is 0 Å². The molecule has 0 aromatic carbocycles. The minimum atomic E-state index is -0.335. The summed E-state index contributed by atoms with van der Waals surface area (Å²) in [6, 6.07) is 0.884. The molecule has 18 heavy (non-hydrogen) atoms. The van der Waals surface area contributed by atoms with Gasteiger partial charge in [0.05, 0.1) is 6.10 Å². The second-order valence-electron chi connectivity index (χ2n) is 5.74. The number of aliphatic hydroxyl groups is 1. The molecule has 2 aliphatic rings. The number of carbonyl (C=O) groups is 1. The van der Waals surface area contributed by atoms with E-state index in [0.717, 1.165) is 25.9 Å². The topological polar surface area (TPSA) is 55.8 Å². The highest BCUT2D eigenvalue weighted by Gasteiger charge is 2.27. The molecule has 2 heterocycles. The van der Waals surface area contributed by atoms with Crippen LogP contribution in [0.15, 0.2) is 0 Å². The molecule has 0 aliphatic carbocycles. The van der Waals surface area contributed by atoms with Gasteiger partial charge in [-0.1, -0.05) is 0 Å². The molecule has 0 saturated carbocycles. The molecule has 104 valence electrons. The molecule has 5 heteroatoms. The van der Waals surface area contributed by atoms with Gasteiger partial charge in [0, 0.05) is 38.3 Å². The summed E-state index contributed by atoms with van der Waals surface area (Å²) in [5.74, 6) is 0. The van der Waals surface area contributed by atoms with E-state index in [0.29, 0.717) is 31.6 Å². The maximum absolute atomic E-state index is 12.0. The average Bonchev–Trinajstić information content (AvgIpc) is 2.76. The van der Waals surface area contributed by atoms with Gasteiger partial charge in [-0.2, -0.15) is 0 Å². The first-order valence-corrected chi connectivity index (χ1v) is 7.04. The van der Waals surface area contributed by atoms with Crippen molar-refractivity contribution < 1.29 is 9.90 Å². The molecular weight excluding hydrogens is 230 g/mol. The number of nitrogens with one attached hydrogen (secondary N) is 1. The summed E-state index contributed by atoms with van der Waals surface area (Å²) < 4.78 is 0. The molecule has 2 amide bonds. The largest absolute Gasteiger partial charge is 0.391 e. The summed E-state index contributed by atoms with van der Waals surface area (Å²) in [5, 5.41) is 12.5. The van der Waals surface area contributed by atoms with Crippen molar-refractivity contribution in [3.05, 3.63) is 0 Å². The normalized spacial score (nSPS) is 26.9. The summed E-state index contributed by atoms with van der Waals surface area (Å²) >= 11 is 0. The molecule has 5 nitrogen and oxygen atoms in total. The Morgan fingerprint density at radius 2 is 1.89 bits per heavy atom. The van der Waals surface area contributed by atoms with E-state index in [1.165, 1.54) is 0 Å². The van der Waals surface area contributed by atoms with Gasteiger partial charge in [-0.05, 0) is 33.1 Å². The fraction of sp³-hybridized carbons (Fsp3) is 0.923. The van der Waals surface area contributed by atoms with Gasteiger partial charge in [0.1, 0.15) is 0 Å². The van der Waals surface area contributed by atoms with Gasteiger partial charge < -0.3 is 20.2 Å². The summed E-state index contributed by atoms with van der Waals surface area (Å²) in [4.78, 5) is 16.1. The number of amides is 2. The first-order chi connectivity index (χ1) is 8.56. The molecule has 1 atom stereocenters. The standard InChI is InChI=1S/C13H25N3O2/c1-10(2)15-6-3-11(4-7-15)14-13(18)16-8-5-12(17)9-16/h10-12,17H,3-9H2,1-2H3,(H,14,18). The lowest BCUT2D eigenvalue weighted by Crippen LogP contribution is -2.50. The zero-order chi connectivity index (χ0) is 13.1. The minimum Gasteiger partial charge on any atom is -0.391 e. The van der Waals surface area contributed by atoms with Crippen LogP contribution in [0, 0.1) is 0 Å². The predicted molar refractivity (Wildman–Crippen MR) is 70.5 cm³/mol. The quantitative estimate of drug-likeness (QED) is 0.761. The van der Waals surface area contributed by atoms with Crippen molar-refractivity contribution in [1.82, 2.24) is 15.1 Å². The van der Waals surface area contributed by atoms with E-state index >= 15 is 0 Å². The number of hydrogen-bond acceptors (Lipinski definition) is 3. The third kappa shape index (κ3) is 3.36. The van der Waals surface area contributed by atoms with E-state index in [4.69, 9.17) is 0 Å². The highest BCUT2D eigenvalue weighted by molar-refractivity contribution is 5.74. The summed E-state index contributed by atoms with van der Waals surface area (Å²) in [6.45, 7) is 7.71. The van der Waals surface area contributed by atoms with Crippen LogP contribution in [0.25, 0.3) is 0 Å².